The number of pyridine rings is 1. The first kappa shape index (κ1) is 22.8. The summed E-state index contributed by atoms with van der Waals surface area (Å²) in [6.07, 6.45) is -0.195. The summed E-state index contributed by atoms with van der Waals surface area (Å²) in [5.41, 5.74) is -0.474. The zero-order valence-corrected chi connectivity index (χ0v) is 17.9. The first-order chi connectivity index (χ1) is 15.7. The molecule has 1 aliphatic rings. The maximum Gasteiger partial charge on any atom is 0.344 e. The summed E-state index contributed by atoms with van der Waals surface area (Å²) < 4.78 is 15.8. The average Bonchev–Trinajstić information content (AvgIpc) is 3.34. The van der Waals surface area contributed by atoms with Crippen molar-refractivity contribution >= 4 is 17.1 Å². The molecule has 0 radical (unpaired) electrons. The Morgan fingerprint density at radius 2 is 2.03 bits per heavy atom. The van der Waals surface area contributed by atoms with E-state index in [-0.39, 0.29) is 29.9 Å². The molecule has 0 saturated carbocycles. The number of aromatic nitrogens is 5. The van der Waals surface area contributed by atoms with Gasteiger partial charge in [-0.15, -0.1) is 0 Å². The van der Waals surface area contributed by atoms with E-state index in [4.69, 9.17) is 9.47 Å². The van der Waals surface area contributed by atoms with Gasteiger partial charge in [0.05, 0.1) is 19.5 Å². The number of rotatable bonds is 6. The van der Waals surface area contributed by atoms with E-state index < -0.39 is 48.4 Å². The fraction of sp³-hybridized carbons (Fsp3) is 0.450. The molecule has 176 valence electrons. The third-order valence-electron chi connectivity index (χ3n) is 5.62. The van der Waals surface area contributed by atoms with Crippen molar-refractivity contribution in [2.45, 2.75) is 31.1 Å². The molecule has 1 aliphatic heterocycles. The highest BCUT2D eigenvalue weighted by Crippen LogP contribution is 2.25. The van der Waals surface area contributed by atoms with Crippen molar-refractivity contribution in [3.8, 4) is 0 Å². The molecule has 0 aliphatic carbocycles. The number of hydrogen-bond acceptors (Lipinski definition) is 9. The molecule has 13 heteroatoms. The minimum atomic E-state index is -1.30. The van der Waals surface area contributed by atoms with Crippen molar-refractivity contribution in [1.82, 2.24) is 18.7 Å². The summed E-state index contributed by atoms with van der Waals surface area (Å²) >= 11 is 0. The Bertz CT molecular complexity index is 1310. The average molecular weight is 462 g/mol. The van der Waals surface area contributed by atoms with E-state index in [2.05, 4.69) is 4.98 Å². The maximum atomic E-state index is 12.7. The molecule has 0 bridgehead atoms. The maximum absolute atomic E-state index is 12.7. The molecule has 0 amide bonds. The summed E-state index contributed by atoms with van der Waals surface area (Å²) in [7, 11) is 3.14. The number of hydrogen-bond donors (Lipinski definition) is 3. The lowest BCUT2D eigenvalue weighted by Crippen LogP contribution is -2.46. The molecule has 1 saturated heterocycles. The number of esters is 1. The van der Waals surface area contributed by atoms with E-state index in [1.165, 1.54) is 51.6 Å². The van der Waals surface area contributed by atoms with Crippen LogP contribution in [0.3, 0.4) is 0 Å². The fourth-order valence-electron chi connectivity index (χ4n) is 3.80. The molecule has 0 aromatic carbocycles. The summed E-state index contributed by atoms with van der Waals surface area (Å²) in [5.74, 6) is -0.720. The van der Waals surface area contributed by atoms with Crippen LogP contribution < -0.4 is 15.8 Å². The van der Waals surface area contributed by atoms with Gasteiger partial charge in [-0.2, -0.15) is 4.57 Å². The largest absolute Gasteiger partial charge is 0.460 e. The second-order valence-electron chi connectivity index (χ2n) is 7.73. The number of aliphatic hydroxyl groups excluding tert-OH is 3. The highest BCUT2D eigenvalue weighted by Gasteiger charge is 2.48. The van der Waals surface area contributed by atoms with E-state index in [0.717, 1.165) is 4.57 Å². The number of ether oxygens (including phenoxy) is 2. The molecule has 33 heavy (non-hydrogen) atoms. The standard InChI is InChI=1S/C20H24N5O8/c1-22-10-21-16-13(22)17(29)25(20(31)23(16)2)6-7-32-19(30)11-4-3-5-24(8-11)18-15(28)14(27)12(9-26)33-18/h3-5,8,10,12,14-15,18,26-28H,6-7,9H2,1-2H3/q+1/t12?,14-,15-,18?/m1/s1. The number of nitrogens with zero attached hydrogens (tertiary/aromatic N) is 5. The number of aryl methyl sites for hydroxylation is 2. The summed E-state index contributed by atoms with van der Waals surface area (Å²) in [6, 6.07) is 3.01. The van der Waals surface area contributed by atoms with Crippen molar-refractivity contribution in [3.05, 3.63) is 57.3 Å². The van der Waals surface area contributed by atoms with Crippen LogP contribution in [0, 0.1) is 0 Å². The molecule has 3 N–H and O–H groups in total. The van der Waals surface area contributed by atoms with Crippen LogP contribution in [-0.4, -0.2) is 71.5 Å². The predicted octanol–water partition coefficient (Wildman–Crippen LogP) is -2.81. The van der Waals surface area contributed by atoms with Crippen molar-refractivity contribution in [2.75, 3.05) is 13.2 Å². The van der Waals surface area contributed by atoms with Crippen molar-refractivity contribution in [3.63, 3.8) is 0 Å². The van der Waals surface area contributed by atoms with Gasteiger partial charge in [0.1, 0.15) is 24.4 Å². The second-order valence-corrected chi connectivity index (χ2v) is 7.73. The molecular weight excluding hydrogens is 438 g/mol. The molecule has 4 rings (SSSR count). The van der Waals surface area contributed by atoms with Gasteiger partial charge in [0.2, 0.25) is 0 Å². The van der Waals surface area contributed by atoms with Gasteiger partial charge in [0.25, 0.3) is 11.8 Å². The van der Waals surface area contributed by atoms with E-state index in [0.29, 0.717) is 0 Å². The van der Waals surface area contributed by atoms with Crippen LogP contribution in [0.5, 0.6) is 0 Å². The monoisotopic (exact) mass is 462 g/mol. The van der Waals surface area contributed by atoms with E-state index in [9.17, 15) is 29.7 Å². The highest BCUT2D eigenvalue weighted by atomic mass is 16.6. The Morgan fingerprint density at radius 1 is 1.27 bits per heavy atom. The van der Waals surface area contributed by atoms with Crippen molar-refractivity contribution in [1.29, 1.82) is 0 Å². The van der Waals surface area contributed by atoms with Gasteiger partial charge >= 0.3 is 11.7 Å². The Morgan fingerprint density at radius 3 is 2.73 bits per heavy atom. The van der Waals surface area contributed by atoms with Crippen LogP contribution in [-0.2, 0) is 30.1 Å². The number of imidazole rings is 1. The Balaban J connectivity index is 1.48. The lowest BCUT2D eigenvalue weighted by molar-refractivity contribution is -0.765. The molecule has 4 heterocycles. The van der Waals surface area contributed by atoms with Gasteiger partial charge in [-0.1, -0.05) is 0 Å². The van der Waals surface area contributed by atoms with Crippen LogP contribution in [0.1, 0.15) is 16.6 Å². The first-order valence-corrected chi connectivity index (χ1v) is 10.2. The Kier molecular flexibility index (Phi) is 6.12. The van der Waals surface area contributed by atoms with Gasteiger partial charge in [-0.25, -0.2) is 14.6 Å². The molecule has 4 atom stereocenters. The van der Waals surface area contributed by atoms with Gasteiger partial charge in [0, 0.05) is 20.2 Å². The van der Waals surface area contributed by atoms with Gasteiger partial charge in [-0.05, 0) is 6.07 Å². The van der Waals surface area contributed by atoms with Crippen LogP contribution >= 0.6 is 0 Å². The van der Waals surface area contributed by atoms with E-state index >= 15 is 0 Å². The quantitative estimate of drug-likeness (QED) is 0.259. The Labute approximate surface area is 186 Å². The third-order valence-corrected chi connectivity index (χ3v) is 5.62. The molecule has 0 spiro atoms. The molecule has 13 nitrogen and oxygen atoms in total. The molecular formula is C20H24N5O8+. The zero-order chi connectivity index (χ0) is 23.9. The van der Waals surface area contributed by atoms with Crippen molar-refractivity contribution < 1.29 is 34.2 Å². The fourth-order valence-corrected chi connectivity index (χ4v) is 3.80. The summed E-state index contributed by atoms with van der Waals surface area (Å²) in [4.78, 5) is 41.8. The van der Waals surface area contributed by atoms with E-state index in [1.54, 1.807) is 7.05 Å². The minimum Gasteiger partial charge on any atom is -0.460 e. The lowest BCUT2D eigenvalue weighted by Gasteiger charge is -2.11. The first-order valence-electron chi connectivity index (χ1n) is 10.2. The van der Waals surface area contributed by atoms with Crippen LogP contribution in [0.25, 0.3) is 11.2 Å². The highest BCUT2D eigenvalue weighted by molar-refractivity contribution is 5.88. The number of fused-ring (bicyclic) bond motifs is 1. The minimum absolute atomic E-state index is 0.123. The molecule has 2 unspecified atom stereocenters. The SMILES string of the molecule is Cn1cnc2c1c(=O)n(CCOC(=O)c1ccc[n+](C3OC(CO)[C@@H](O)[C@H]3O)c1)c(=O)n2C. The number of carbonyl (C=O) groups is 1. The molecule has 1 fully saturated rings. The zero-order valence-electron chi connectivity index (χ0n) is 17.9. The number of carbonyl (C=O) groups excluding carboxylic acids is 1. The van der Waals surface area contributed by atoms with E-state index in [1.807, 2.05) is 0 Å². The van der Waals surface area contributed by atoms with Crippen LogP contribution in [0.4, 0.5) is 0 Å². The molecule has 3 aromatic rings. The van der Waals surface area contributed by atoms with Gasteiger partial charge in [0.15, 0.2) is 29.7 Å². The molecule has 3 aromatic heterocycles. The third kappa shape index (κ3) is 3.95. The predicted molar refractivity (Wildman–Crippen MR) is 110 cm³/mol. The number of aliphatic hydroxyl groups is 3. The lowest BCUT2D eigenvalue weighted by atomic mass is 10.1. The van der Waals surface area contributed by atoms with Gasteiger partial charge < -0.3 is 29.4 Å². The van der Waals surface area contributed by atoms with Gasteiger partial charge in [-0.3, -0.25) is 13.9 Å². The smallest absolute Gasteiger partial charge is 0.344 e. The second kappa shape index (κ2) is 8.86. The topological polar surface area (TPSA) is 162 Å². The summed E-state index contributed by atoms with van der Waals surface area (Å²) in [6.45, 7) is -0.861. The van der Waals surface area contributed by atoms with Crippen LogP contribution in [0.15, 0.2) is 40.4 Å². The van der Waals surface area contributed by atoms with Crippen molar-refractivity contribution in [2.24, 2.45) is 14.1 Å². The van der Waals surface area contributed by atoms with Crippen LogP contribution in [0.2, 0.25) is 0 Å². The normalized spacial score (nSPS) is 22.7. The Hall–Kier alpha value is -3.39. The summed E-state index contributed by atoms with van der Waals surface area (Å²) in [5, 5.41) is 29.3.